The van der Waals surface area contributed by atoms with Crippen LogP contribution in [0.15, 0.2) is 11.1 Å². The minimum atomic E-state index is -0.535. The lowest BCUT2D eigenvalue weighted by atomic mass is 9.78. The summed E-state index contributed by atoms with van der Waals surface area (Å²) in [6, 6.07) is 0. The summed E-state index contributed by atoms with van der Waals surface area (Å²) in [5.41, 5.74) is 0.944. The van der Waals surface area contributed by atoms with Gasteiger partial charge in [0.2, 0.25) is 0 Å². The van der Waals surface area contributed by atoms with E-state index in [2.05, 4.69) is 0 Å². The maximum atomic E-state index is 12.0. The van der Waals surface area contributed by atoms with Crippen molar-refractivity contribution in [3.63, 3.8) is 0 Å². The van der Waals surface area contributed by atoms with Gasteiger partial charge in [0, 0.05) is 0 Å². The van der Waals surface area contributed by atoms with E-state index in [9.17, 15) is 9.59 Å². The van der Waals surface area contributed by atoms with Crippen LogP contribution < -0.4 is 0 Å². The number of ether oxygens (including phenoxy) is 2. The van der Waals surface area contributed by atoms with Gasteiger partial charge in [0.1, 0.15) is 5.57 Å². The molecule has 0 bridgehead atoms. The third-order valence-corrected chi connectivity index (χ3v) is 3.39. The summed E-state index contributed by atoms with van der Waals surface area (Å²) in [6.07, 6.45) is 4.72. The number of allylic oxidation sites excluding steroid dienone is 1. The molecule has 19 heavy (non-hydrogen) atoms. The standard InChI is InChI=1S/C15H24O4/c1-4-9-18-14(16)13(15(17)19-10-5-2)11(3)12-7-6-8-12/h12H,4-10H2,1-3H3. The van der Waals surface area contributed by atoms with Gasteiger partial charge in [-0.1, -0.05) is 20.3 Å². The number of carbonyl (C=O) groups is 2. The van der Waals surface area contributed by atoms with Crippen LogP contribution in [0.5, 0.6) is 0 Å². The average molecular weight is 268 g/mol. The van der Waals surface area contributed by atoms with Gasteiger partial charge >= 0.3 is 11.9 Å². The van der Waals surface area contributed by atoms with E-state index in [0.717, 1.165) is 37.7 Å². The van der Waals surface area contributed by atoms with Gasteiger partial charge in [-0.15, -0.1) is 0 Å². The number of carbonyl (C=O) groups excluding carboxylic acids is 2. The molecule has 1 aliphatic rings. The van der Waals surface area contributed by atoms with Crippen molar-refractivity contribution in [3.05, 3.63) is 11.1 Å². The van der Waals surface area contributed by atoms with E-state index in [1.165, 1.54) is 0 Å². The van der Waals surface area contributed by atoms with Crippen LogP contribution in [0.4, 0.5) is 0 Å². The van der Waals surface area contributed by atoms with E-state index >= 15 is 0 Å². The summed E-state index contributed by atoms with van der Waals surface area (Å²) in [5.74, 6) is -0.738. The highest BCUT2D eigenvalue weighted by Gasteiger charge is 2.30. The molecule has 0 radical (unpaired) electrons. The maximum Gasteiger partial charge on any atom is 0.345 e. The third-order valence-electron chi connectivity index (χ3n) is 3.39. The fraction of sp³-hybridized carbons (Fsp3) is 0.733. The van der Waals surface area contributed by atoms with Crippen LogP contribution in [0, 0.1) is 5.92 Å². The molecule has 0 atom stereocenters. The van der Waals surface area contributed by atoms with E-state index in [4.69, 9.17) is 9.47 Å². The zero-order chi connectivity index (χ0) is 14.3. The summed E-state index contributed by atoms with van der Waals surface area (Å²) < 4.78 is 10.2. The van der Waals surface area contributed by atoms with Crippen molar-refractivity contribution >= 4 is 11.9 Å². The van der Waals surface area contributed by atoms with Crippen LogP contribution in [-0.4, -0.2) is 25.2 Å². The zero-order valence-electron chi connectivity index (χ0n) is 12.2. The van der Waals surface area contributed by atoms with Gasteiger partial charge in [0.15, 0.2) is 0 Å². The molecule has 0 heterocycles. The first-order valence-corrected chi connectivity index (χ1v) is 7.16. The topological polar surface area (TPSA) is 52.6 Å². The quantitative estimate of drug-likeness (QED) is 0.308. The largest absolute Gasteiger partial charge is 0.462 e. The molecular weight excluding hydrogens is 244 g/mol. The highest BCUT2D eigenvalue weighted by molar-refractivity contribution is 6.14. The predicted molar refractivity (Wildman–Crippen MR) is 72.5 cm³/mol. The third kappa shape index (κ3) is 4.37. The fourth-order valence-electron chi connectivity index (χ4n) is 1.98. The van der Waals surface area contributed by atoms with E-state index in [1.54, 1.807) is 0 Å². The van der Waals surface area contributed by atoms with Gasteiger partial charge in [-0.2, -0.15) is 0 Å². The summed E-state index contributed by atoms with van der Waals surface area (Å²) in [4.78, 5) is 24.0. The van der Waals surface area contributed by atoms with Crippen molar-refractivity contribution in [2.75, 3.05) is 13.2 Å². The number of esters is 2. The molecule has 0 unspecified atom stereocenters. The van der Waals surface area contributed by atoms with Crippen molar-refractivity contribution in [2.45, 2.75) is 52.9 Å². The molecule has 0 N–H and O–H groups in total. The Bertz CT molecular complexity index is 331. The molecule has 0 saturated heterocycles. The Morgan fingerprint density at radius 3 is 1.79 bits per heavy atom. The van der Waals surface area contributed by atoms with Crippen LogP contribution in [0.1, 0.15) is 52.9 Å². The fourth-order valence-corrected chi connectivity index (χ4v) is 1.98. The van der Waals surface area contributed by atoms with Crippen molar-refractivity contribution in [1.82, 2.24) is 0 Å². The highest BCUT2D eigenvalue weighted by Crippen LogP contribution is 2.34. The summed E-state index contributed by atoms with van der Waals surface area (Å²) in [5, 5.41) is 0. The summed E-state index contributed by atoms with van der Waals surface area (Å²) >= 11 is 0. The van der Waals surface area contributed by atoms with E-state index < -0.39 is 11.9 Å². The van der Waals surface area contributed by atoms with E-state index in [1.807, 2.05) is 20.8 Å². The van der Waals surface area contributed by atoms with Crippen LogP contribution in [0.25, 0.3) is 0 Å². The second kappa shape index (κ2) is 7.97. The monoisotopic (exact) mass is 268 g/mol. The predicted octanol–water partition coefficient (Wildman–Crippen LogP) is 3.01. The van der Waals surface area contributed by atoms with Gasteiger partial charge in [0.05, 0.1) is 13.2 Å². The lowest BCUT2D eigenvalue weighted by Crippen LogP contribution is -2.24. The van der Waals surface area contributed by atoms with Crippen LogP contribution in [-0.2, 0) is 19.1 Å². The van der Waals surface area contributed by atoms with Gasteiger partial charge in [-0.3, -0.25) is 0 Å². The first-order valence-electron chi connectivity index (χ1n) is 7.16. The SMILES string of the molecule is CCCOC(=O)C(C(=O)OCCC)=C(C)C1CCC1. The molecule has 0 aromatic heterocycles. The Kier molecular flexibility index (Phi) is 6.60. The Hall–Kier alpha value is -1.32. The van der Waals surface area contributed by atoms with Gasteiger partial charge in [-0.05, 0) is 44.1 Å². The Morgan fingerprint density at radius 1 is 1.00 bits per heavy atom. The van der Waals surface area contributed by atoms with E-state index in [0.29, 0.717) is 19.1 Å². The molecule has 1 fully saturated rings. The van der Waals surface area contributed by atoms with Gasteiger partial charge in [-0.25, -0.2) is 9.59 Å². The molecule has 1 rings (SSSR count). The first kappa shape index (κ1) is 15.7. The minimum absolute atomic E-state index is 0.117. The number of hydrogen-bond donors (Lipinski definition) is 0. The Balaban J connectivity index is 2.82. The normalized spacial score (nSPS) is 14.5. The van der Waals surface area contributed by atoms with Crippen molar-refractivity contribution < 1.29 is 19.1 Å². The molecule has 1 aliphatic carbocycles. The Morgan fingerprint density at radius 2 is 1.47 bits per heavy atom. The van der Waals surface area contributed by atoms with Crippen LogP contribution in [0.2, 0.25) is 0 Å². The molecule has 4 heteroatoms. The minimum Gasteiger partial charge on any atom is -0.462 e. The molecule has 108 valence electrons. The molecule has 0 aromatic rings. The lowest BCUT2D eigenvalue weighted by Gasteiger charge is -2.27. The summed E-state index contributed by atoms with van der Waals surface area (Å²) in [7, 11) is 0. The van der Waals surface area contributed by atoms with Crippen molar-refractivity contribution in [3.8, 4) is 0 Å². The Labute approximate surface area is 115 Å². The molecule has 0 aromatic carbocycles. The number of rotatable bonds is 7. The highest BCUT2D eigenvalue weighted by atomic mass is 16.6. The van der Waals surface area contributed by atoms with E-state index in [-0.39, 0.29) is 5.57 Å². The number of hydrogen-bond acceptors (Lipinski definition) is 4. The lowest BCUT2D eigenvalue weighted by molar-refractivity contribution is -0.147. The smallest absolute Gasteiger partial charge is 0.345 e. The molecule has 0 amide bonds. The maximum absolute atomic E-state index is 12.0. The first-order chi connectivity index (χ1) is 9.11. The molecule has 0 aliphatic heterocycles. The van der Waals surface area contributed by atoms with Gasteiger partial charge < -0.3 is 9.47 Å². The molecule has 0 spiro atoms. The zero-order valence-corrected chi connectivity index (χ0v) is 12.2. The van der Waals surface area contributed by atoms with Gasteiger partial charge in [0.25, 0.3) is 0 Å². The van der Waals surface area contributed by atoms with Crippen LogP contribution in [0.3, 0.4) is 0 Å². The average Bonchev–Trinajstić information content (AvgIpc) is 2.31. The second-order valence-corrected chi connectivity index (χ2v) is 4.96. The van der Waals surface area contributed by atoms with Crippen molar-refractivity contribution in [2.24, 2.45) is 5.92 Å². The van der Waals surface area contributed by atoms with Crippen LogP contribution >= 0.6 is 0 Å². The summed E-state index contributed by atoms with van der Waals surface area (Å²) in [6.45, 7) is 6.36. The molecule has 4 nitrogen and oxygen atoms in total. The molecule has 1 saturated carbocycles. The second-order valence-electron chi connectivity index (χ2n) is 4.96. The van der Waals surface area contributed by atoms with Crippen molar-refractivity contribution in [1.29, 1.82) is 0 Å². The molecular formula is C15H24O4.